The summed E-state index contributed by atoms with van der Waals surface area (Å²) in [4.78, 5) is 88.8. The van der Waals surface area contributed by atoms with Gasteiger partial charge in [0.2, 0.25) is 11.5 Å². The summed E-state index contributed by atoms with van der Waals surface area (Å²) in [5, 5.41) is 0. The third-order valence-corrected chi connectivity index (χ3v) is 7.37. The van der Waals surface area contributed by atoms with Crippen LogP contribution >= 0.6 is 16.4 Å². The zero-order valence-corrected chi connectivity index (χ0v) is 27.5. The normalized spacial score (nSPS) is 11.2. The molecule has 0 aliphatic carbocycles. The van der Waals surface area contributed by atoms with E-state index in [0.717, 1.165) is 4.57 Å². The number of ether oxygens (including phenoxy) is 4. The molecule has 0 saturated heterocycles. The van der Waals surface area contributed by atoms with Gasteiger partial charge in [0.1, 0.15) is 11.4 Å². The molecule has 1 heterocycles. The lowest BCUT2D eigenvalue weighted by molar-refractivity contribution is 0.0508. The van der Waals surface area contributed by atoms with E-state index < -0.39 is 63.8 Å². The molecule has 3 aromatic carbocycles. The highest BCUT2D eigenvalue weighted by atomic mass is 31.2. The first-order chi connectivity index (χ1) is 23.3. The van der Waals surface area contributed by atoms with E-state index >= 15 is 0 Å². The van der Waals surface area contributed by atoms with Crippen molar-refractivity contribution in [1.82, 2.24) is 4.57 Å². The fourth-order valence-electron chi connectivity index (χ4n) is 4.30. The first-order valence-corrected chi connectivity index (χ1v) is 16.7. The van der Waals surface area contributed by atoms with Gasteiger partial charge in [-0.25, -0.2) is 18.9 Å². The maximum absolute atomic E-state index is 13.4. The topological polar surface area (TPSA) is 227 Å². The molecule has 0 aliphatic rings. The van der Waals surface area contributed by atoms with E-state index in [1.165, 1.54) is 86.8 Å². The summed E-state index contributed by atoms with van der Waals surface area (Å²) >= 11 is 0. The average molecular weight is 718 g/mol. The monoisotopic (exact) mass is 717 g/mol. The van der Waals surface area contributed by atoms with E-state index in [0.29, 0.717) is 23.2 Å². The van der Waals surface area contributed by atoms with Crippen LogP contribution in [0.3, 0.4) is 0 Å². The molecular formula is C31H29NO15P2. The molecule has 0 aliphatic heterocycles. The van der Waals surface area contributed by atoms with Gasteiger partial charge in [0, 0.05) is 5.69 Å². The first-order valence-electron chi connectivity index (χ1n) is 14.0. The number of phosphoric ester groups is 1. The SMILES string of the molecule is CCOC(=O)c1c(OC(=O)c2ccc(COP(O)O)cc2)c(OC(=O)c2ccc(COP(=O)(O)O)cc2)c(C=O)n1-c1ccc(OC)cc1. The minimum atomic E-state index is -4.75. The summed E-state index contributed by atoms with van der Waals surface area (Å²) in [6, 6.07) is 16.9. The van der Waals surface area contributed by atoms with Crippen molar-refractivity contribution in [3.8, 4) is 22.9 Å². The van der Waals surface area contributed by atoms with Crippen LogP contribution in [0, 0.1) is 0 Å². The van der Waals surface area contributed by atoms with E-state index in [9.17, 15) is 23.7 Å². The largest absolute Gasteiger partial charge is 0.497 e. The molecular weight excluding hydrogens is 688 g/mol. The predicted molar refractivity (Wildman–Crippen MR) is 169 cm³/mol. The van der Waals surface area contributed by atoms with Gasteiger partial charge in [0.15, 0.2) is 12.0 Å². The van der Waals surface area contributed by atoms with Gasteiger partial charge in [-0.3, -0.25) is 13.9 Å². The Kier molecular flexibility index (Phi) is 12.5. The summed E-state index contributed by atoms with van der Waals surface area (Å²) in [6.45, 7) is 0.798. The maximum atomic E-state index is 13.4. The van der Waals surface area contributed by atoms with E-state index in [4.69, 9.17) is 43.0 Å². The van der Waals surface area contributed by atoms with Gasteiger partial charge in [0.25, 0.3) is 0 Å². The Labute approximate surface area is 279 Å². The number of carbonyl (C=O) groups is 4. The number of carbonyl (C=O) groups excluding carboxylic acids is 4. The number of aldehydes is 1. The highest BCUT2D eigenvalue weighted by Gasteiger charge is 2.35. The van der Waals surface area contributed by atoms with E-state index in [2.05, 4.69) is 4.52 Å². The van der Waals surface area contributed by atoms with E-state index in [-0.39, 0.29) is 30.0 Å². The third-order valence-electron chi connectivity index (χ3n) is 6.54. The minimum Gasteiger partial charge on any atom is -0.497 e. The summed E-state index contributed by atoms with van der Waals surface area (Å²) in [5.41, 5.74) is 0.0244. The molecule has 0 spiro atoms. The number of phosphoric acid groups is 1. The van der Waals surface area contributed by atoms with Crippen LogP contribution in [0.4, 0.5) is 0 Å². The quantitative estimate of drug-likeness (QED) is 0.0766. The van der Waals surface area contributed by atoms with Crippen LogP contribution in [0.5, 0.6) is 17.2 Å². The number of hydrogen-bond donors (Lipinski definition) is 4. The fourth-order valence-corrected chi connectivity index (χ4v) is 4.88. The second-order valence-electron chi connectivity index (χ2n) is 9.73. The average Bonchev–Trinajstić information content (AvgIpc) is 3.38. The standard InChI is InChI=1S/C31H29NO15P2/c1-3-43-31(36)26-28(47-30(35)22-8-4-19(5-9-22)17-44-48(37)38)27(25(16-33)32(26)23-12-14-24(42-2)15-13-23)46-29(34)21-10-6-20(7-11-21)18-45-49(39,40)41/h4-16,37-38H,3,17-18H2,1-2H3,(H2,39,40,41). The van der Waals surface area contributed by atoms with Crippen molar-refractivity contribution < 1.29 is 71.3 Å². The molecule has 0 radical (unpaired) electrons. The second kappa shape index (κ2) is 16.6. The zero-order valence-electron chi connectivity index (χ0n) is 25.7. The molecule has 4 N–H and O–H groups in total. The lowest BCUT2D eigenvalue weighted by atomic mass is 10.1. The summed E-state index contributed by atoms with van der Waals surface area (Å²) < 4.78 is 43.1. The Bertz CT molecular complexity index is 1850. The van der Waals surface area contributed by atoms with Crippen molar-refractivity contribution in [1.29, 1.82) is 0 Å². The Morgan fingerprint density at radius 1 is 0.796 bits per heavy atom. The van der Waals surface area contributed by atoms with Gasteiger partial charge in [-0.15, -0.1) is 0 Å². The number of rotatable bonds is 15. The highest BCUT2D eigenvalue weighted by molar-refractivity contribution is 7.46. The van der Waals surface area contributed by atoms with Gasteiger partial charge in [0.05, 0.1) is 38.1 Å². The fraction of sp³-hybridized carbons (Fsp3) is 0.161. The molecule has 0 fully saturated rings. The molecule has 258 valence electrons. The van der Waals surface area contributed by atoms with Gasteiger partial charge in [-0.2, -0.15) is 0 Å². The van der Waals surface area contributed by atoms with Crippen LogP contribution in [-0.4, -0.2) is 62.1 Å². The van der Waals surface area contributed by atoms with Crippen LogP contribution in [0.25, 0.3) is 5.69 Å². The molecule has 4 aromatic rings. The molecule has 0 bridgehead atoms. The first kappa shape index (κ1) is 37.1. The smallest absolute Gasteiger partial charge is 0.469 e. The van der Waals surface area contributed by atoms with Gasteiger partial charge in [-0.1, -0.05) is 24.3 Å². The van der Waals surface area contributed by atoms with Crippen molar-refractivity contribution in [3.63, 3.8) is 0 Å². The number of benzene rings is 3. The summed E-state index contributed by atoms with van der Waals surface area (Å²) in [6.07, 6.45) is 0.293. The Morgan fingerprint density at radius 2 is 1.33 bits per heavy atom. The molecule has 1 aromatic heterocycles. The van der Waals surface area contributed by atoms with Crippen LogP contribution in [0.2, 0.25) is 0 Å². The molecule has 4 rings (SSSR count). The molecule has 0 unspecified atom stereocenters. The van der Waals surface area contributed by atoms with Crippen molar-refractivity contribution in [2.24, 2.45) is 0 Å². The van der Waals surface area contributed by atoms with E-state index in [1.807, 2.05) is 0 Å². The van der Waals surface area contributed by atoms with Crippen LogP contribution in [0.1, 0.15) is 59.7 Å². The highest BCUT2D eigenvalue weighted by Crippen LogP contribution is 2.41. The summed E-state index contributed by atoms with van der Waals surface area (Å²) in [5.74, 6) is -3.87. The van der Waals surface area contributed by atoms with Crippen LogP contribution < -0.4 is 14.2 Å². The number of aromatic nitrogens is 1. The van der Waals surface area contributed by atoms with Crippen molar-refractivity contribution >= 4 is 40.6 Å². The molecule has 16 nitrogen and oxygen atoms in total. The predicted octanol–water partition coefficient (Wildman–Crippen LogP) is 4.25. The van der Waals surface area contributed by atoms with Gasteiger partial charge < -0.3 is 43.0 Å². The van der Waals surface area contributed by atoms with Crippen molar-refractivity contribution in [2.45, 2.75) is 20.1 Å². The summed E-state index contributed by atoms with van der Waals surface area (Å²) in [7, 11) is -5.91. The molecule has 0 saturated carbocycles. The molecule has 49 heavy (non-hydrogen) atoms. The van der Waals surface area contributed by atoms with Gasteiger partial charge >= 0.3 is 34.3 Å². The third kappa shape index (κ3) is 9.66. The number of esters is 3. The maximum Gasteiger partial charge on any atom is 0.469 e. The lowest BCUT2D eigenvalue weighted by Crippen LogP contribution is -2.16. The molecule has 0 atom stereocenters. The number of methoxy groups -OCH3 is 1. The number of nitrogens with zero attached hydrogens (tertiary/aromatic N) is 1. The second-order valence-corrected chi connectivity index (χ2v) is 11.7. The van der Waals surface area contributed by atoms with E-state index in [1.54, 1.807) is 0 Å². The lowest BCUT2D eigenvalue weighted by Gasteiger charge is -2.12. The van der Waals surface area contributed by atoms with Crippen LogP contribution in [-0.2, 0) is 31.6 Å². The Balaban J connectivity index is 1.80. The van der Waals surface area contributed by atoms with Crippen molar-refractivity contribution in [2.75, 3.05) is 13.7 Å². The molecule has 0 amide bonds. The minimum absolute atomic E-state index is 0.0379. The van der Waals surface area contributed by atoms with Gasteiger partial charge in [-0.05, 0) is 66.6 Å². The molecule has 18 heteroatoms. The number of hydrogen-bond acceptors (Lipinski definition) is 13. The Morgan fingerprint density at radius 3 is 1.80 bits per heavy atom. The van der Waals surface area contributed by atoms with Crippen LogP contribution in [0.15, 0.2) is 72.8 Å². The zero-order chi connectivity index (χ0) is 35.7. The van der Waals surface area contributed by atoms with Crippen molar-refractivity contribution in [3.05, 3.63) is 106 Å². The Hall–Kier alpha value is -4.76.